The van der Waals surface area contributed by atoms with E-state index in [-0.39, 0.29) is 5.91 Å². The number of nitrogens with one attached hydrogen (secondary N) is 5. The molecule has 0 aromatic heterocycles. The van der Waals surface area contributed by atoms with Gasteiger partial charge < -0.3 is 26.6 Å². The van der Waals surface area contributed by atoms with Crippen LogP contribution >= 0.6 is 0 Å². The van der Waals surface area contributed by atoms with Crippen molar-refractivity contribution in [2.75, 3.05) is 42.1 Å². The Morgan fingerprint density at radius 1 is 0.893 bits per heavy atom. The minimum absolute atomic E-state index is 0.296. The number of carbonyl (C=O) groups is 1. The van der Waals surface area contributed by atoms with Gasteiger partial charge in [0.1, 0.15) is 5.82 Å². The molecule has 0 saturated carbocycles. The van der Waals surface area contributed by atoms with Crippen LogP contribution in [0.2, 0.25) is 0 Å². The number of rotatable bonds is 4. The normalized spacial score (nSPS) is 15.2. The highest BCUT2D eigenvalue weighted by Gasteiger charge is 2.12. The second kappa shape index (κ2) is 7.95. The number of carbonyl (C=O) groups excluding carboxylic acids is 1. The lowest BCUT2D eigenvalue weighted by Gasteiger charge is -2.11. The van der Waals surface area contributed by atoms with Gasteiger partial charge in [0, 0.05) is 30.0 Å². The Hall–Kier alpha value is -3.62. The molecule has 0 atom stereocenters. The fourth-order valence-electron chi connectivity index (χ4n) is 2.83. The zero-order chi connectivity index (χ0) is 19.3. The Balaban J connectivity index is 1.38. The molecule has 5 N–H and O–H groups in total. The molecule has 144 valence electrons. The first-order valence-electron chi connectivity index (χ1n) is 8.99. The summed E-state index contributed by atoms with van der Waals surface area (Å²) in [6.07, 6.45) is 0. The summed E-state index contributed by atoms with van der Waals surface area (Å²) in [5, 5.41) is 14.9. The van der Waals surface area contributed by atoms with Crippen molar-refractivity contribution in [3.8, 4) is 0 Å². The van der Waals surface area contributed by atoms with E-state index in [1.54, 1.807) is 36.4 Å². The summed E-state index contributed by atoms with van der Waals surface area (Å²) in [5.74, 6) is 0.478. The molecule has 1 amide bonds. The van der Waals surface area contributed by atoms with Crippen LogP contribution in [0, 0.1) is 5.82 Å². The second-order valence-electron chi connectivity index (χ2n) is 6.29. The summed E-state index contributed by atoms with van der Waals surface area (Å²) < 4.78 is 14.3. The third kappa shape index (κ3) is 4.20. The number of aliphatic imine (C=N–C) groups is 2. The van der Waals surface area contributed by atoms with Crippen LogP contribution in [0.3, 0.4) is 0 Å². The molecule has 0 fully saturated rings. The Kier molecular flexibility index (Phi) is 5.05. The highest BCUT2D eigenvalue weighted by molar-refractivity contribution is 6.05. The number of anilines is 3. The SMILES string of the molecule is O=C(Nc1ccc(NC2=NCCN2)c(F)c1)c1ccc(NC2=NCCN2)cc1. The average molecular weight is 381 g/mol. The second-order valence-corrected chi connectivity index (χ2v) is 6.29. The van der Waals surface area contributed by atoms with Crippen LogP contribution < -0.4 is 26.6 Å². The molecular weight excluding hydrogens is 361 g/mol. The van der Waals surface area contributed by atoms with Gasteiger partial charge in [-0.1, -0.05) is 0 Å². The number of halogens is 1. The monoisotopic (exact) mass is 381 g/mol. The van der Waals surface area contributed by atoms with Gasteiger partial charge in [0.05, 0.1) is 18.8 Å². The third-order valence-corrected chi connectivity index (χ3v) is 4.24. The van der Waals surface area contributed by atoms with E-state index < -0.39 is 5.82 Å². The molecule has 9 heteroatoms. The fraction of sp³-hybridized carbons (Fsp3) is 0.211. The van der Waals surface area contributed by atoms with E-state index in [9.17, 15) is 9.18 Å². The van der Waals surface area contributed by atoms with Gasteiger partial charge in [-0.2, -0.15) is 0 Å². The molecular formula is C19H20FN7O. The number of hydrogen-bond acceptors (Lipinski definition) is 7. The first-order chi connectivity index (χ1) is 13.7. The Bertz CT molecular complexity index is 940. The van der Waals surface area contributed by atoms with Crippen LogP contribution in [0.4, 0.5) is 21.5 Å². The molecule has 0 unspecified atom stereocenters. The van der Waals surface area contributed by atoms with E-state index in [1.165, 1.54) is 6.07 Å². The molecule has 0 spiro atoms. The first-order valence-corrected chi connectivity index (χ1v) is 8.99. The van der Waals surface area contributed by atoms with Gasteiger partial charge in [0.2, 0.25) is 0 Å². The molecule has 0 aliphatic carbocycles. The number of hydrogen-bond donors (Lipinski definition) is 5. The van der Waals surface area contributed by atoms with Crippen LogP contribution in [-0.2, 0) is 0 Å². The first kappa shape index (κ1) is 17.8. The maximum absolute atomic E-state index is 14.3. The van der Waals surface area contributed by atoms with E-state index in [0.717, 1.165) is 31.3 Å². The zero-order valence-electron chi connectivity index (χ0n) is 15.1. The topological polar surface area (TPSA) is 102 Å². The smallest absolute Gasteiger partial charge is 0.255 e. The molecule has 2 aromatic carbocycles. The quantitative estimate of drug-likeness (QED) is 0.556. The van der Waals surface area contributed by atoms with Crippen molar-refractivity contribution in [2.24, 2.45) is 9.98 Å². The standard InChI is InChI=1S/C19H20FN7O/c20-15-11-14(5-6-16(15)27-19-23-9-10-24-19)25-17(28)12-1-3-13(4-2-12)26-18-21-7-8-22-18/h1-6,11H,7-10H2,(H,25,28)(H2,21,22,26)(H2,23,24,27). The fourth-order valence-corrected chi connectivity index (χ4v) is 2.83. The largest absolute Gasteiger partial charge is 0.354 e. The van der Waals surface area contributed by atoms with Gasteiger partial charge in [-0.15, -0.1) is 0 Å². The lowest BCUT2D eigenvalue weighted by molar-refractivity contribution is 0.102. The van der Waals surface area contributed by atoms with Crippen LogP contribution in [0.25, 0.3) is 0 Å². The van der Waals surface area contributed by atoms with E-state index >= 15 is 0 Å². The zero-order valence-corrected chi connectivity index (χ0v) is 15.1. The third-order valence-electron chi connectivity index (χ3n) is 4.24. The van der Waals surface area contributed by atoms with Crippen LogP contribution in [0.15, 0.2) is 52.4 Å². The summed E-state index contributed by atoms with van der Waals surface area (Å²) in [5.41, 5.74) is 1.97. The van der Waals surface area contributed by atoms with E-state index in [0.29, 0.717) is 29.4 Å². The van der Waals surface area contributed by atoms with Gasteiger partial charge in [-0.05, 0) is 42.5 Å². The van der Waals surface area contributed by atoms with Crippen LogP contribution in [-0.4, -0.2) is 44.0 Å². The Morgan fingerprint density at radius 2 is 1.54 bits per heavy atom. The van der Waals surface area contributed by atoms with Crippen molar-refractivity contribution in [1.82, 2.24) is 10.6 Å². The lowest BCUT2D eigenvalue weighted by Crippen LogP contribution is -2.26. The number of benzene rings is 2. The maximum atomic E-state index is 14.3. The molecule has 4 rings (SSSR count). The minimum Gasteiger partial charge on any atom is -0.354 e. The number of nitrogens with zero attached hydrogens (tertiary/aromatic N) is 2. The molecule has 0 bridgehead atoms. The molecule has 0 radical (unpaired) electrons. The summed E-state index contributed by atoms with van der Waals surface area (Å²) in [6.45, 7) is 2.96. The van der Waals surface area contributed by atoms with Crippen molar-refractivity contribution in [3.63, 3.8) is 0 Å². The molecule has 0 saturated heterocycles. The van der Waals surface area contributed by atoms with Crippen molar-refractivity contribution in [2.45, 2.75) is 0 Å². The summed E-state index contributed by atoms with van der Waals surface area (Å²) >= 11 is 0. The number of guanidine groups is 2. The van der Waals surface area contributed by atoms with Crippen molar-refractivity contribution >= 4 is 34.9 Å². The summed E-state index contributed by atoms with van der Waals surface area (Å²) in [4.78, 5) is 20.8. The highest BCUT2D eigenvalue weighted by Crippen LogP contribution is 2.20. The Labute approximate surface area is 161 Å². The van der Waals surface area contributed by atoms with Crippen molar-refractivity contribution in [1.29, 1.82) is 0 Å². The molecule has 2 aromatic rings. The molecule has 28 heavy (non-hydrogen) atoms. The van der Waals surface area contributed by atoms with Gasteiger partial charge in [-0.25, -0.2) is 4.39 Å². The average Bonchev–Trinajstić information content (AvgIpc) is 3.39. The van der Waals surface area contributed by atoms with Gasteiger partial charge in [-0.3, -0.25) is 14.8 Å². The lowest BCUT2D eigenvalue weighted by atomic mass is 10.2. The van der Waals surface area contributed by atoms with Crippen LogP contribution in [0.1, 0.15) is 10.4 Å². The molecule has 8 nitrogen and oxygen atoms in total. The highest BCUT2D eigenvalue weighted by atomic mass is 19.1. The summed E-state index contributed by atoms with van der Waals surface area (Å²) in [7, 11) is 0. The molecule has 2 heterocycles. The van der Waals surface area contributed by atoms with Crippen molar-refractivity contribution < 1.29 is 9.18 Å². The van der Waals surface area contributed by atoms with Gasteiger partial charge in [0.15, 0.2) is 11.9 Å². The maximum Gasteiger partial charge on any atom is 0.255 e. The van der Waals surface area contributed by atoms with Crippen LogP contribution in [0.5, 0.6) is 0 Å². The minimum atomic E-state index is -0.474. The predicted molar refractivity (Wildman–Crippen MR) is 109 cm³/mol. The van der Waals surface area contributed by atoms with E-state index in [4.69, 9.17) is 0 Å². The van der Waals surface area contributed by atoms with Gasteiger partial charge in [0.25, 0.3) is 5.91 Å². The van der Waals surface area contributed by atoms with Gasteiger partial charge >= 0.3 is 0 Å². The molecule has 2 aliphatic rings. The van der Waals surface area contributed by atoms with E-state index in [2.05, 4.69) is 36.6 Å². The predicted octanol–water partition coefficient (Wildman–Crippen LogP) is 1.82. The number of amides is 1. The van der Waals surface area contributed by atoms with E-state index in [1.807, 2.05) is 0 Å². The van der Waals surface area contributed by atoms with Crippen molar-refractivity contribution in [3.05, 3.63) is 53.8 Å². The Morgan fingerprint density at radius 3 is 2.14 bits per heavy atom. The summed E-state index contributed by atoms with van der Waals surface area (Å²) in [6, 6.07) is 11.5. The molecule has 2 aliphatic heterocycles.